The molecule has 5 nitrogen and oxygen atoms in total. The van der Waals surface area contributed by atoms with Crippen LogP contribution in [-0.2, 0) is 14.4 Å². The van der Waals surface area contributed by atoms with E-state index < -0.39 is 28.3 Å². The summed E-state index contributed by atoms with van der Waals surface area (Å²) in [4.78, 5) is 39.6. The van der Waals surface area contributed by atoms with Crippen LogP contribution >= 0.6 is 0 Å². The van der Waals surface area contributed by atoms with Gasteiger partial charge in [0.1, 0.15) is 5.78 Å². The maximum absolute atomic E-state index is 14.1. The summed E-state index contributed by atoms with van der Waals surface area (Å²) < 4.78 is 0. The van der Waals surface area contributed by atoms with Gasteiger partial charge in [-0.2, -0.15) is 0 Å². The van der Waals surface area contributed by atoms with E-state index in [-0.39, 0.29) is 40.3 Å². The molecule has 0 aromatic heterocycles. The fourth-order valence-electron chi connectivity index (χ4n) is 10.2. The summed E-state index contributed by atoms with van der Waals surface area (Å²) in [6.07, 6.45) is 7.39. The van der Waals surface area contributed by atoms with E-state index in [4.69, 9.17) is 0 Å². The minimum atomic E-state index is -1.16. The largest absolute Gasteiger partial charge is 0.481 e. The molecule has 5 aliphatic rings. The first-order valence-electron chi connectivity index (χ1n) is 13.4. The highest BCUT2D eigenvalue weighted by Crippen LogP contribution is 2.71. The lowest BCUT2D eigenvalue weighted by atomic mass is 9.36. The highest BCUT2D eigenvalue weighted by atomic mass is 16.4. The van der Waals surface area contributed by atoms with E-state index >= 15 is 0 Å². The molecule has 0 spiro atoms. The molecule has 0 bridgehead atoms. The number of carbonyl (C=O) groups excluding carboxylic acids is 2. The molecule has 2 N–H and O–H groups in total. The molecular weight excluding hydrogens is 428 g/mol. The zero-order valence-corrected chi connectivity index (χ0v) is 21.7. The molecule has 4 fully saturated rings. The van der Waals surface area contributed by atoms with Gasteiger partial charge in [-0.15, -0.1) is 0 Å². The molecule has 0 aromatic carbocycles. The quantitative estimate of drug-likeness (QED) is 0.549. The van der Waals surface area contributed by atoms with Gasteiger partial charge in [-0.25, -0.2) is 0 Å². The molecule has 0 heterocycles. The minimum absolute atomic E-state index is 0.0244. The van der Waals surface area contributed by atoms with Gasteiger partial charge < -0.3 is 10.2 Å². The zero-order valence-electron chi connectivity index (χ0n) is 21.7. The molecule has 5 rings (SSSR count). The number of hydrogen-bond donors (Lipinski definition) is 2. The smallest absolute Gasteiger partial charge is 0.310 e. The summed E-state index contributed by atoms with van der Waals surface area (Å²) in [5.74, 6) is -0.855. The molecule has 34 heavy (non-hydrogen) atoms. The van der Waals surface area contributed by atoms with Gasteiger partial charge in [0.05, 0.1) is 11.0 Å². The van der Waals surface area contributed by atoms with Crippen molar-refractivity contribution in [2.24, 2.45) is 51.2 Å². The van der Waals surface area contributed by atoms with Gasteiger partial charge >= 0.3 is 5.97 Å². The third-order valence-electron chi connectivity index (χ3n) is 12.2. The third-order valence-corrected chi connectivity index (χ3v) is 12.2. The van der Waals surface area contributed by atoms with E-state index in [1.165, 1.54) is 0 Å². The zero-order chi connectivity index (χ0) is 25.1. The van der Waals surface area contributed by atoms with E-state index in [9.17, 15) is 24.6 Å². The van der Waals surface area contributed by atoms with Crippen molar-refractivity contribution in [1.29, 1.82) is 0 Å². The fraction of sp³-hybridized carbons (Fsp3) is 0.828. The predicted octanol–water partition coefficient (Wildman–Crippen LogP) is 5.20. The normalized spacial score (nSPS) is 52.0. The van der Waals surface area contributed by atoms with Gasteiger partial charge in [-0.05, 0) is 86.5 Å². The second kappa shape index (κ2) is 7.05. The molecule has 5 heteroatoms. The van der Waals surface area contributed by atoms with E-state index in [1.807, 2.05) is 6.92 Å². The lowest BCUT2D eigenvalue weighted by Gasteiger charge is -2.67. The van der Waals surface area contributed by atoms with Crippen molar-refractivity contribution < 1.29 is 24.6 Å². The van der Waals surface area contributed by atoms with Crippen LogP contribution < -0.4 is 0 Å². The Morgan fingerprint density at radius 3 is 2.21 bits per heavy atom. The van der Waals surface area contributed by atoms with Crippen molar-refractivity contribution in [3.63, 3.8) is 0 Å². The van der Waals surface area contributed by atoms with Crippen molar-refractivity contribution >= 4 is 17.5 Å². The number of aliphatic hydroxyl groups is 1. The minimum Gasteiger partial charge on any atom is -0.481 e. The summed E-state index contributed by atoms with van der Waals surface area (Å²) in [5, 5.41) is 22.2. The monoisotopic (exact) mass is 470 g/mol. The van der Waals surface area contributed by atoms with Crippen LogP contribution in [0.2, 0.25) is 0 Å². The van der Waals surface area contributed by atoms with Crippen LogP contribution in [0.25, 0.3) is 0 Å². The molecule has 0 aliphatic heterocycles. The summed E-state index contributed by atoms with van der Waals surface area (Å²) in [6.45, 7) is 12.4. The number of fused-ring (bicyclic) bond motifs is 7. The first-order chi connectivity index (χ1) is 15.6. The number of carboxylic acid groups (broad SMARTS) is 1. The Balaban J connectivity index is 1.65. The van der Waals surface area contributed by atoms with Gasteiger partial charge in [-0.1, -0.05) is 40.2 Å². The Morgan fingerprint density at radius 1 is 0.912 bits per heavy atom. The number of carbonyl (C=O) groups is 3. The van der Waals surface area contributed by atoms with Crippen LogP contribution in [0.5, 0.6) is 0 Å². The second-order valence-corrected chi connectivity index (χ2v) is 13.9. The number of allylic oxidation sites excluding steroid dienone is 1. The number of hydrogen-bond acceptors (Lipinski definition) is 4. The topological polar surface area (TPSA) is 91.7 Å². The standard InChI is InChI=1S/C29H42O5/c1-16-7-13-29(24(32)33)14-8-18-17(22(29)28(16,6)34)15-19(30)23-26(18,4)11-9-20-25(2,3)21(31)10-12-27(20,23)5/h15-16,18,20,22-23,34H,7-14H2,1-6H3,(H,32,33)/t16-,18?,20?,22?,23?,26+,27+,28?,29+/m1/s1. The molecular formula is C29H42O5. The Labute approximate surface area is 203 Å². The van der Waals surface area contributed by atoms with Crippen molar-refractivity contribution in [3.05, 3.63) is 11.6 Å². The number of rotatable bonds is 1. The molecule has 4 saturated carbocycles. The predicted molar refractivity (Wildman–Crippen MR) is 129 cm³/mol. The molecule has 188 valence electrons. The van der Waals surface area contributed by atoms with Gasteiger partial charge in [0.2, 0.25) is 0 Å². The Kier molecular flexibility index (Phi) is 5.02. The number of carboxylic acids is 1. The molecule has 5 unspecified atom stereocenters. The Morgan fingerprint density at radius 2 is 1.56 bits per heavy atom. The molecule has 0 amide bonds. The van der Waals surface area contributed by atoms with E-state index in [1.54, 1.807) is 13.0 Å². The van der Waals surface area contributed by atoms with Crippen molar-refractivity contribution in [1.82, 2.24) is 0 Å². The van der Waals surface area contributed by atoms with E-state index in [2.05, 4.69) is 27.7 Å². The maximum atomic E-state index is 14.1. The molecule has 0 saturated heterocycles. The van der Waals surface area contributed by atoms with Crippen molar-refractivity contribution in [2.45, 2.75) is 98.5 Å². The third kappa shape index (κ3) is 2.74. The SMILES string of the molecule is C[C@@H]1CC[C@]2(C(=O)O)CCC3C(=CC(=O)C4[C@@]3(C)CCC3C(C)(C)C(=O)CC[C@@]34C)C2C1(C)O. The average molecular weight is 471 g/mol. The Hall–Kier alpha value is -1.49. The Bertz CT molecular complexity index is 990. The summed E-state index contributed by atoms with van der Waals surface area (Å²) in [6, 6.07) is 0. The lowest BCUT2D eigenvalue weighted by molar-refractivity contribution is -0.193. The number of ketones is 2. The number of aliphatic carboxylic acids is 1. The highest BCUT2D eigenvalue weighted by molar-refractivity contribution is 5.96. The average Bonchev–Trinajstić information content (AvgIpc) is 2.73. The molecule has 5 aliphatic carbocycles. The first-order valence-corrected chi connectivity index (χ1v) is 13.4. The lowest BCUT2D eigenvalue weighted by Crippen LogP contribution is -2.66. The highest BCUT2D eigenvalue weighted by Gasteiger charge is 2.69. The van der Waals surface area contributed by atoms with Gasteiger partial charge in [0, 0.05) is 23.7 Å². The van der Waals surface area contributed by atoms with Gasteiger partial charge in [0.15, 0.2) is 5.78 Å². The maximum Gasteiger partial charge on any atom is 0.310 e. The van der Waals surface area contributed by atoms with E-state index in [0.717, 1.165) is 31.3 Å². The summed E-state index contributed by atoms with van der Waals surface area (Å²) in [7, 11) is 0. The van der Waals surface area contributed by atoms with E-state index in [0.29, 0.717) is 31.5 Å². The van der Waals surface area contributed by atoms with Crippen LogP contribution in [0.4, 0.5) is 0 Å². The van der Waals surface area contributed by atoms with Crippen LogP contribution in [0.15, 0.2) is 11.6 Å². The van der Waals surface area contributed by atoms with Gasteiger partial charge in [0.25, 0.3) is 0 Å². The van der Waals surface area contributed by atoms with Crippen molar-refractivity contribution in [2.75, 3.05) is 0 Å². The summed E-state index contributed by atoms with van der Waals surface area (Å²) in [5.41, 5.74) is -2.20. The molecule has 9 atom stereocenters. The summed E-state index contributed by atoms with van der Waals surface area (Å²) >= 11 is 0. The van der Waals surface area contributed by atoms with Crippen LogP contribution in [0, 0.1) is 51.2 Å². The fourth-order valence-corrected chi connectivity index (χ4v) is 10.2. The van der Waals surface area contributed by atoms with Gasteiger partial charge in [-0.3, -0.25) is 14.4 Å². The number of Topliss-reactive ketones (excluding diaryl/α,β-unsaturated/α-hetero) is 1. The van der Waals surface area contributed by atoms with Crippen LogP contribution in [0.3, 0.4) is 0 Å². The van der Waals surface area contributed by atoms with Crippen LogP contribution in [0.1, 0.15) is 92.9 Å². The molecule has 0 aromatic rings. The van der Waals surface area contributed by atoms with Crippen molar-refractivity contribution in [3.8, 4) is 0 Å². The molecule has 0 radical (unpaired) electrons. The second-order valence-electron chi connectivity index (χ2n) is 13.9. The van der Waals surface area contributed by atoms with Crippen LogP contribution in [-0.4, -0.2) is 33.3 Å². The first kappa shape index (κ1) is 24.2.